The number of benzene rings is 2. The van der Waals surface area contributed by atoms with Crippen LogP contribution in [-0.4, -0.2) is 10.7 Å². The number of carbonyl (C=O) groups is 1. The minimum Gasteiger partial charge on any atom is -0.449 e. The van der Waals surface area contributed by atoms with Crippen LogP contribution in [0.2, 0.25) is 0 Å². The van der Waals surface area contributed by atoms with Crippen molar-refractivity contribution in [2.45, 2.75) is 20.3 Å². The topological polar surface area (TPSA) is 69.4 Å². The van der Waals surface area contributed by atoms with Gasteiger partial charge in [0, 0.05) is 12.5 Å². The number of Topliss-reactive ketones (excluding diaryl/α,β-unsaturated/α-hetero) is 1. The van der Waals surface area contributed by atoms with Crippen LogP contribution in [0.4, 0.5) is 5.69 Å². The van der Waals surface area contributed by atoms with Gasteiger partial charge in [-0.25, -0.2) is 0 Å². The van der Waals surface area contributed by atoms with E-state index in [1.807, 2.05) is 0 Å². The molecule has 21 heavy (non-hydrogen) atoms. The van der Waals surface area contributed by atoms with Gasteiger partial charge in [0.2, 0.25) is 5.75 Å². The fraction of sp³-hybridized carbons (Fsp3) is 0.188. The van der Waals surface area contributed by atoms with Crippen LogP contribution in [0.1, 0.15) is 29.3 Å². The second-order valence-electron chi connectivity index (χ2n) is 4.60. The predicted molar refractivity (Wildman–Crippen MR) is 79.0 cm³/mol. The molecule has 5 heteroatoms. The van der Waals surface area contributed by atoms with Crippen molar-refractivity contribution >= 4 is 11.5 Å². The number of hydrogen-bond donors (Lipinski definition) is 0. The number of nitrogens with zero attached hydrogens (tertiary/aromatic N) is 1. The molecule has 2 rings (SSSR count). The normalized spacial score (nSPS) is 10.2. The maximum Gasteiger partial charge on any atom is 0.311 e. The molecule has 2 aromatic rings. The van der Waals surface area contributed by atoms with E-state index < -0.39 is 4.92 Å². The highest BCUT2D eigenvalue weighted by molar-refractivity contribution is 5.98. The van der Waals surface area contributed by atoms with Gasteiger partial charge in [-0.2, -0.15) is 0 Å². The molecule has 0 aliphatic carbocycles. The smallest absolute Gasteiger partial charge is 0.311 e. The summed E-state index contributed by atoms with van der Waals surface area (Å²) in [6, 6.07) is 11.5. The van der Waals surface area contributed by atoms with Crippen LogP contribution in [-0.2, 0) is 0 Å². The predicted octanol–water partition coefficient (Wildman–Crippen LogP) is 4.29. The van der Waals surface area contributed by atoms with Crippen LogP contribution >= 0.6 is 0 Å². The Labute approximate surface area is 122 Å². The lowest BCUT2D eigenvalue weighted by Crippen LogP contribution is -2.01. The van der Waals surface area contributed by atoms with E-state index in [2.05, 4.69) is 0 Å². The molecule has 5 nitrogen and oxygen atoms in total. The van der Waals surface area contributed by atoms with Crippen molar-refractivity contribution in [3.63, 3.8) is 0 Å². The van der Waals surface area contributed by atoms with Crippen molar-refractivity contribution < 1.29 is 14.5 Å². The van der Waals surface area contributed by atoms with Crippen LogP contribution < -0.4 is 4.74 Å². The van der Waals surface area contributed by atoms with Gasteiger partial charge in [0.1, 0.15) is 5.75 Å². The summed E-state index contributed by atoms with van der Waals surface area (Å²) in [5.74, 6) is 0.388. The number of ether oxygens (including phenoxy) is 1. The Morgan fingerprint density at radius 2 is 1.90 bits per heavy atom. The first kappa shape index (κ1) is 14.7. The molecule has 0 aliphatic rings. The van der Waals surface area contributed by atoms with E-state index >= 15 is 0 Å². The molecule has 0 amide bonds. The van der Waals surface area contributed by atoms with E-state index in [0.29, 0.717) is 17.7 Å². The Morgan fingerprint density at radius 3 is 2.57 bits per heavy atom. The monoisotopic (exact) mass is 285 g/mol. The Balaban J connectivity index is 2.44. The molecule has 0 spiro atoms. The SMILES string of the molecule is CCC(=O)c1ccccc1Oc1ccc(C)cc1[N+](=O)[O-]. The number of ketones is 1. The van der Waals surface area contributed by atoms with E-state index in [1.54, 1.807) is 50.2 Å². The number of nitro groups is 1. The molecule has 0 heterocycles. The van der Waals surface area contributed by atoms with Crippen molar-refractivity contribution in [3.8, 4) is 11.5 Å². The highest BCUT2D eigenvalue weighted by atomic mass is 16.6. The first-order valence-corrected chi connectivity index (χ1v) is 6.58. The molecule has 0 aromatic heterocycles. The van der Waals surface area contributed by atoms with Crippen LogP contribution in [0.5, 0.6) is 11.5 Å². The lowest BCUT2D eigenvalue weighted by atomic mass is 10.1. The number of aryl methyl sites for hydroxylation is 1. The summed E-state index contributed by atoms with van der Waals surface area (Å²) >= 11 is 0. The second kappa shape index (κ2) is 6.17. The first-order chi connectivity index (χ1) is 10.0. The molecule has 0 saturated carbocycles. The zero-order valence-electron chi connectivity index (χ0n) is 11.8. The second-order valence-corrected chi connectivity index (χ2v) is 4.60. The van der Waals surface area contributed by atoms with Crippen molar-refractivity contribution in [1.29, 1.82) is 0 Å². The quantitative estimate of drug-likeness (QED) is 0.467. The molecule has 0 fully saturated rings. The van der Waals surface area contributed by atoms with E-state index in [4.69, 9.17) is 4.74 Å². The molecule has 0 atom stereocenters. The Hall–Kier alpha value is -2.69. The van der Waals surface area contributed by atoms with Gasteiger partial charge >= 0.3 is 5.69 Å². The molecule has 0 bridgehead atoms. The van der Waals surface area contributed by atoms with Crippen molar-refractivity contribution in [1.82, 2.24) is 0 Å². The summed E-state index contributed by atoms with van der Waals surface area (Å²) in [4.78, 5) is 22.5. The van der Waals surface area contributed by atoms with Gasteiger partial charge in [-0.05, 0) is 30.7 Å². The third kappa shape index (κ3) is 3.25. The average molecular weight is 285 g/mol. The lowest BCUT2D eigenvalue weighted by molar-refractivity contribution is -0.385. The molecule has 0 radical (unpaired) electrons. The summed E-state index contributed by atoms with van der Waals surface area (Å²) in [5.41, 5.74) is 1.08. The van der Waals surface area contributed by atoms with Gasteiger partial charge in [-0.1, -0.05) is 25.1 Å². The van der Waals surface area contributed by atoms with Gasteiger partial charge in [0.05, 0.1) is 10.5 Å². The van der Waals surface area contributed by atoms with Gasteiger partial charge in [-0.15, -0.1) is 0 Å². The Morgan fingerprint density at radius 1 is 1.19 bits per heavy atom. The van der Waals surface area contributed by atoms with Gasteiger partial charge in [0.15, 0.2) is 5.78 Å². The largest absolute Gasteiger partial charge is 0.449 e. The third-order valence-electron chi connectivity index (χ3n) is 3.04. The lowest BCUT2D eigenvalue weighted by Gasteiger charge is -2.10. The Kier molecular flexibility index (Phi) is 4.33. The van der Waals surface area contributed by atoms with Crippen molar-refractivity contribution in [2.75, 3.05) is 0 Å². The Bertz CT molecular complexity index is 694. The highest BCUT2D eigenvalue weighted by Crippen LogP contribution is 2.33. The number of rotatable bonds is 5. The van der Waals surface area contributed by atoms with Crippen molar-refractivity contribution in [3.05, 3.63) is 63.7 Å². The maximum atomic E-state index is 11.9. The molecule has 108 valence electrons. The molecular formula is C16H15NO4. The van der Waals surface area contributed by atoms with Crippen LogP contribution in [0.3, 0.4) is 0 Å². The molecule has 2 aromatic carbocycles. The highest BCUT2D eigenvalue weighted by Gasteiger charge is 2.18. The van der Waals surface area contributed by atoms with E-state index in [9.17, 15) is 14.9 Å². The third-order valence-corrected chi connectivity index (χ3v) is 3.04. The average Bonchev–Trinajstić information content (AvgIpc) is 2.48. The maximum absolute atomic E-state index is 11.9. The van der Waals surface area contributed by atoms with E-state index in [1.165, 1.54) is 6.07 Å². The number of para-hydroxylation sites is 1. The summed E-state index contributed by atoms with van der Waals surface area (Å²) in [5, 5.41) is 11.1. The van der Waals surface area contributed by atoms with Gasteiger partial charge < -0.3 is 4.74 Å². The molecule has 0 N–H and O–H groups in total. The van der Waals surface area contributed by atoms with E-state index in [0.717, 1.165) is 5.56 Å². The fourth-order valence-electron chi connectivity index (χ4n) is 1.95. The van der Waals surface area contributed by atoms with Gasteiger partial charge in [0.25, 0.3) is 0 Å². The molecule has 0 saturated heterocycles. The number of nitro benzene ring substituents is 1. The summed E-state index contributed by atoms with van der Waals surface area (Å²) in [6.07, 6.45) is 0.344. The summed E-state index contributed by atoms with van der Waals surface area (Å²) in [6.45, 7) is 3.53. The van der Waals surface area contributed by atoms with Crippen LogP contribution in [0.15, 0.2) is 42.5 Å². The number of hydrogen-bond acceptors (Lipinski definition) is 4. The fourth-order valence-corrected chi connectivity index (χ4v) is 1.95. The van der Waals surface area contributed by atoms with Crippen molar-refractivity contribution in [2.24, 2.45) is 0 Å². The minimum atomic E-state index is -0.493. The van der Waals surface area contributed by atoms with Crippen LogP contribution in [0, 0.1) is 17.0 Å². The van der Waals surface area contributed by atoms with Gasteiger partial charge in [-0.3, -0.25) is 14.9 Å². The molecular weight excluding hydrogens is 270 g/mol. The first-order valence-electron chi connectivity index (χ1n) is 6.58. The number of carbonyl (C=O) groups excluding carboxylic acids is 1. The zero-order chi connectivity index (χ0) is 15.4. The van der Waals surface area contributed by atoms with E-state index in [-0.39, 0.29) is 17.2 Å². The minimum absolute atomic E-state index is 0.0691. The standard InChI is InChI=1S/C16H15NO4/c1-3-14(18)12-6-4-5-7-15(12)21-16-9-8-11(2)10-13(16)17(19)20/h4-10H,3H2,1-2H3. The molecule has 0 unspecified atom stereocenters. The molecule has 0 aliphatic heterocycles. The zero-order valence-corrected chi connectivity index (χ0v) is 11.8. The summed E-state index contributed by atoms with van der Waals surface area (Å²) < 4.78 is 5.62. The van der Waals surface area contributed by atoms with Crippen LogP contribution in [0.25, 0.3) is 0 Å². The summed E-state index contributed by atoms with van der Waals surface area (Å²) in [7, 11) is 0.